The molecule has 0 amide bonds. The van der Waals surface area contributed by atoms with Gasteiger partial charge in [0.15, 0.2) is 5.78 Å². The Morgan fingerprint density at radius 2 is 1.64 bits per heavy atom. The number of hydrogen-bond donors (Lipinski definition) is 0. The molecule has 1 fully saturated rings. The summed E-state index contributed by atoms with van der Waals surface area (Å²) in [5, 5.41) is -0.635. The number of allylic oxidation sites excluding steroid dienone is 1. The smallest absolute Gasteiger partial charge is 0.180 e. The van der Waals surface area contributed by atoms with Gasteiger partial charge in [-0.05, 0) is 42.2 Å². The Bertz CT molecular complexity index is 664. The van der Waals surface area contributed by atoms with E-state index in [4.69, 9.17) is 16.3 Å². The largest absolute Gasteiger partial charge is 0.488 e. The van der Waals surface area contributed by atoms with Crippen molar-refractivity contribution < 1.29 is 9.53 Å². The first-order valence-corrected chi connectivity index (χ1v) is 7.83. The lowest BCUT2D eigenvalue weighted by molar-refractivity contribution is -0.117. The molecule has 112 valence electrons. The Morgan fingerprint density at radius 1 is 1.00 bits per heavy atom. The number of Topliss-reactive ketones (excluding diaryl/α,β-unsaturated/α-hetero) is 1. The topological polar surface area (TPSA) is 26.3 Å². The molecule has 2 unspecified atom stereocenters. The Hall–Kier alpha value is -2.06. The summed E-state index contributed by atoms with van der Waals surface area (Å²) < 4.78 is 5.86. The van der Waals surface area contributed by atoms with E-state index in [1.54, 1.807) is 0 Å². The van der Waals surface area contributed by atoms with Crippen LogP contribution in [0, 0.1) is 0 Å². The molecule has 1 aliphatic carbocycles. The van der Waals surface area contributed by atoms with Crippen molar-refractivity contribution in [3.8, 4) is 5.75 Å². The SMILES string of the molecule is O=C1C(=Cc2ccccc2)CCC(Oc2ccccc2)C1Cl. The van der Waals surface area contributed by atoms with Gasteiger partial charge in [0.25, 0.3) is 0 Å². The molecule has 0 aromatic heterocycles. The molecule has 0 N–H and O–H groups in total. The lowest BCUT2D eigenvalue weighted by Gasteiger charge is -2.28. The van der Waals surface area contributed by atoms with Gasteiger partial charge in [-0.3, -0.25) is 4.79 Å². The van der Waals surface area contributed by atoms with Gasteiger partial charge in [0, 0.05) is 0 Å². The summed E-state index contributed by atoms with van der Waals surface area (Å²) in [4.78, 5) is 12.5. The normalized spacial score (nSPS) is 23.5. The minimum atomic E-state index is -0.635. The van der Waals surface area contributed by atoms with E-state index in [1.807, 2.05) is 66.7 Å². The molecule has 0 heterocycles. The van der Waals surface area contributed by atoms with Crippen molar-refractivity contribution in [1.29, 1.82) is 0 Å². The number of hydrogen-bond acceptors (Lipinski definition) is 2. The maximum atomic E-state index is 12.5. The van der Waals surface area contributed by atoms with E-state index in [2.05, 4.69) is 0 Å². The number of ether oxygens (including phenoxy) is 1. The highest BCUT2D eigenvalue weighted by atomic mass is 35.5. The average molecular weight is 313 g/mol. The van der Waals surface area contributed by atoms with Gasteiger partial charge >= 0.3 is 0 Å². The molecule has 2 atom stereocenters. The van der Waals surface area contributed by atoms with Crippen LogP contribution in [0.15, 0.2) is 66.2 Å². The van der Waals surface area contributed by atoms with Crippen molar-refractivity contribution in [3.05, 3.63) is 71.8 Å². The Balaban J connectivity index is 1.72. The Kier molecular flexibility index (Phi) is 4.59. The fourth-order valence-electron chi connectivity index (χ4n) is 2.60. The van der Waals surface area contributed by atoms with Crippen LogP contribution in [-0.4, -0.2) is 17.3 Å². The molecule has 22 heavy (non-hydrogen) atoms. The number of ketones is 1. The molecule has 0 aliphatic heterocycles. The minimum Gasteiger partial charge on any atom is -0.488 e. The first-order chi connectivity index (χ1) is 10.7. The van der Waals surface area contributed by atoms with Gasteiger partial charge in [0.2, 0.25) is 0 Å². The van der Waals surface area contributed by atoms with E-state index in [0.717, 1.165) is 23.3 Å². The molecule has 3 rings (SSSR count). The van der Waals surface area contributed by atoms with Crippen molar-refractivity contribution in [2.45, 2.75) is 24.3 Å². The molecule has 0 radical (unpaired) electrons. The summed E-state index contributed by atoms with van der Waals surface area (Å²) in [6.45, 7) is 0. The third-order valence-corrected chi connectivity index (χ3v) is 4.24. The molecule has 3 heteroatoms. The monoisotopic (exact) mass is 312 g/mol. The number of para-hydroxylation sites is 1. The molecular formula is C19H17ClO2. The predicted molar refractivity (Wildman–Crippen MR) is 89.2 cm³/mol. The number of carbonyl (C=O) groups excluding carboxylic acids is 1. The maximum absolute atomic E-state index is 12.5. The van der Waals surface area contributed by atoms with Crippen LogP contribution >= 0.6 is 11.6 Å². The Morgan fingerprint density at radius 3 is 2.32 bits per heavy atom. The molecule has 0 saturated heterocycles. The summed E-state index contributed by atoms with van der Waals surface area (Å²) in [6.07, 6.45) is 3.09. The van der Waals surface area contributed by atoms with Crippen LogP contribution in [0.4, 0.5) is 0 Å². The number of rotatable bonds is 3. The molecule has 1 aliphatic rings. The van der Waals surface area contributed by atoms with Gasteiger partial charge in [-0.15, -0.1) is 11.6 Å². The van der Waals surface area contributed by atoms with Crippen molar-refractivity contribution in [2.24, 2.45) is 0 Å². The van der Waals surface area contributed by atoms with Gasteiger partial charge in [-0.2, -0.15) is 0 Å². The van der Waals surface area contributed by atoms with Crippen LogP contribution in [0.25, 0.3) is 6.08 Å². The van der Waals surface area contributed by atoms with Crippen LogP contribution in [0.5, 0.6) is 5.75 Å². The summed E-state index contributed by atoms with van der Waals surface area (Å²) >= 11 is 6.33. The second-order valence-electron chi connectivity index (χ2n) is 5.35. The summed E-state index contributed by atoms with van der Waals surface area (Å²) in [6, 6.07) is 19.3. The molecule has 1 saturated carbocycles. The van der Waals surface area contributed by atoms with E-state index >= 15 is 0 Å². The van der Waals surface area contributed by atoms with Crippen LogP contribution in [0.3, 0.4) is 0 Å². The van der Waals surface area contributed by atoms with Crippen LogP contribution in [-0.2, 0) is 4.79 Å². The van der Waals surface area contributed by atoms with Crippen LogP contribution in [0.2, 0.25) is 0 Å². The lowest BCUT2D eigenvalue weighted by atomic mass is 9.89. The van der Waals surface area contributed by atoms with Crippen LogP contribution in [0.1, 0.15) is 18.4 Å². The predicted octanol–water partition coefficient (Wildman–Crippen LogP) is 4.49. The number of halogens is 1. The van der Waals surface area contributed by atoms with E-state index in [-0.39, 0.29) is 11.9 Å². The van der Waals surface area contributed by atoms with Crippen molar-refractivity contribution >= 4 is 23.5 Å². The van der Waals surface area contributed by atoms with Crippen molar-refractivity contribution in [3.63, 3.8) is 0 Å². The first kappa shape index (κ1) is 14.9. The van der Waals surface area contributed by atoms with Crippen molar-refractivity contribution in [2.75, 3.05) is 0 Å². The highest BCUT2D eigenvalue weighted by molar-refractivity contribution is 6.35. The number of benzene rings is 2. The highest BCUT2D eigenvalue weighted by Crippen LogP contribution is 2.29. The standard InChI is InChI=1S/C19H17ClO2/c20-18-17(22-16-9-5-2-6-10-16)12-11-15(19(18)21)13-14-7-3-1-4-8-14/h1-10,13,17-18H,11-12H2. The fourth-order valence-corrected chi connectivity index (χ4v) is 2.92. The summed E-state index contributed by atoms with van der Waals surface area (Å²) in [7, 11) is 0. The van der Waals surface area contributed by atoms with Gasteiger partial charge < -0.3 is 4.74 Å². The molecule has 2 aromatic carbocycles. The summed E-state index contributed by atoms with van der Waals surface area (Å²) in [5.74, 6) is 0.721. The van der Waals surface area contributed by atoms with Gasteiger partial charge in [0.1, 0.15) is 17.2 Å². The average Bonchev–Trinajstić information content (AvgIpc) is 2.56. The van der Waals surface area contributed by atoms with Gasteiger partial charge in [0.05, 0.1) is 0 Å². The van der Waals surface area contributed by atoms with Crippen molar-refractivity contribution in [1.82, 2.24) is 0 Å². The van der Waals surface area contributed by atoms with E-state index in [0.29, 0.717) is 6.42 Å². The van der Waals surface area contributed by atoms with E-state index < -0.39 is 5.38 Å². The van der Waals surface area contributed by atoms with Gasteiger partial charge in [-0.25, -0.2) is 0 Å². The van der Waals surface area contributed by atoms with E-state index in [9.17, 15) is 4.79 Å². The van der Waals surface area contributed by atoms with E-state index in [1.165, 1.54) is 0 Å². The second-order valence-corrected chi connectivity index (χ2v) is 5.82. The van der Waals surface area contributed by atoms with Crippen LogP contribution < -0.4 is 4.74 Å². The fraction of sp³-hybridized carbons (Fsp3) is 0.211. The molecule has 2 nitrogen and oxygen atoms in total. The molecule has 2 aromatic rings. The maximum Gasteiger partial charge on any atom is 0.180 e. The minimum absolute atomic E-state index is 0.0299. The zero-order valence-electron chi connectivity index (χ0n) is 12.1. The van der Waals surface area contributed by atoms with Gasteiger partial charge in [-0.1, -0.05) is 48.5 Å². The molecule has 0 spiro atoms. The number of alkyl halides is 1. The second kappa shape index (κ2) is 6.80. The molecular weight excluding hydrogens is 296 g/mol. The summed E-state index contributed by atoms with van der Waals surface area (Å²) in [5.41, 5.74) is 1.80. The lowest BCUT2D eigenvalue weighted by Crippen LogP contribution is -2.39. The third-order valence-electron chi connectivity index (χ3n) is 3.76. The Labute approximate surface area is 135 Å². The molecule has 0 bridgehead atoms. The zero-order valence-corrected chi connectivity index (χ0v) is 12.9. The third kappa shape index (κ3) is 3.40. The first-order valence-electron chi connectivity index (χ1n) is 7.39. The zero-order chi connectivity index (χ0) is 15.4. The number of carbonyl (C=O) groups is 1. The highest BCUT2D eigenvalue weighted by Gasteiger charge is 2.34. The quantitative estimate of drug-likeness (QED) is 0.616.